The van der Waals surface area contributed by atoms with Gasteiger partial charge in [-0.2, -0.15) is 13.2 Å². The minimum absolute atomic E-state index is 0.102. The lowest BCUT2D eigenvalue weighted by Gasteiger charge is -2.20. The van der Waals surface area contributed by atoms with Crippen LogP contribution in [-0.2, 0) is 6.18 Å². The summed E-state index contributed by atoms with van der Waals surface area (Å²) in [6, 6.07) is 8.67. The lowest BCUT2D eigenvalue weighted by molar-refractivity contribution is -0.137. The van der Waals surface area contributed by atoms with Gasteiger partial charge in [0.1, 0.15) is 11.5 Å². The molecule has 3 rings (SSSR count). The van der Waals surface area contributed by atoms with Crippen LogP contribution < -0.4 is 5.32 Å². The molecule has 2 aromatic heterocycles. The minimum Gasteiger partial charge on any atom is -0.339 e. The number of hydrogen-bond donors (Lipinski definition) is 1. The Kier molecular flexibility index (Phi) is 5.16. The third-order valence-electron chi connectivity index (χ3n) is 3.83. The number of amides is 1. The van der Waals surface area contributed by atoms with Gasteiger partial charge in [-0.25, -0.2) is 4.39 Å². The van der Waals surface area contributed by atoms with Gasteiger partial charge in [-0.3, -0.25) is 14.8 Å². The van der Waals surface area contributed by atoms with E-state index in [2.05, 4.69) is 15.3 Å². The molecular weight excluding hydrogens is 362 g/mol. The highest BCUT2D eigenvalue weighted by molar-refractivity contribution is 5.94. The Labute approximate surface area is 151 Å². The lowest BCUT2D eigenvalue weighted by Crippen LogP contribution is -2.30. The number of halogens is 4. The number of nitrogens with one attached hydrogen (secondary N) is 1. The molecule has 4 nitrogen and oxygen atoms in total. The molecule has 0 bridgehead atoms. The molecule has 0 aliphatic rings. The molecular formula is C19H13F4N3O. The van der Waals surface area contributed by atoms with Crippen molar-refractivity contribution in [2.75, 3.05) is 0 Å². The average molecular weight is 375 g/mol. The Morgan fingerprint density at radius 2 is 1.70 bits per heavy atom. The van der Waals surface area contributed by atoms with Gasteiger partial charge in [0.25, 0.3) is 5.91 Å². The zero-order chi connectivity index (χ0) is 19.4. The Balaban J connectivity index is 1.98. The van der Waals surface area contributed by atoms with Gasteiger partial charge in [-0.05, 0) is 42.0 Å². The van der Waals surface area contributed by atoms with E-state index in [4.69, 9.17) is 0 Å². The number of alkyl halides is 3. The van der Waals surface area contributed by atoms with Crippen LogP contribution in [-0.4, -0.2) is 15.9 Å². The zero-order valence-electron chi connectivity index (χ0n) is 13.7. The number of benzene rings is 1. The SMILES string of the molecule is O=C(NC(c1ccc(C(F)(F)F)cc1)c1ncccc1F)c1cccnc1. The summed E-state index contributed by atoms with van der Waals surface area (Å²) in [5, 5.41) is 2.60. The predicted molar refractivity (Wildman–Crippen MR) is 89.2 cm³/mol. The van der Waals surface area contributed by atoms with Crippen molar-refractivity contribution in [2.45, 2.75) is 12.2 Å². The van der Waals surface area contributed by atoms with E-state index in [0.717, 1.165) is 18.2 Å². The van der Waals surface area contributed by atoms with E-state index >= 15 is 0 Å². The molecule has 2 heterocycles. The van der Waals surface area contributed by atoms with E-state index in [1.54, 1.807) is 6.07 Å². The van der Waals surface area contributed by atoms with E-state index < -0.39 is 29.5 Å². The van der Waals surface area contributed by atoms with Crippen molar-refractivity contribution in [3.8, 4) is 0 Å². The number of pyridine rings is 2. The van der Waals surface area contributed by atoms with Crippen molar-refractivity contribution in [3.05, 3.63) is 95.3 Å². The molecule has 27 heavy (non-hydrogen) atoms. The first kappa shape index (κ1) is 18.5. The fourth-order valence-corrected chi connectivity index (χ4v) is 2.50. The highest BCUT2D eigenvalue weighted by atomic mass is 19.4. The molecule has 0 saturated carbocycles. The summed E-state index contributed by atoms with van der Waals surface area (Å²) in [6.45, 7) is 0. The third-order valence-corrected chi connectivity index (χ3v) is 3.83. The largest absolute Gasteiger partial charge is 0.416 e. The number of nitrogens with zero attached hydrogens (tertiary/aromatic N) is 2. The van der Waals surface area contributed by atoms with Crippen molar-refractivity contribution in [1.82, 2.24) is 15.3 Å². The Bertz CT molecular complexity index is 928. The van der Waals surface area contributed by atoms with Gasteiger partial charge in [0.15, 0.2) is 0 Å². The van der Waals surface area contributed by atoms with Gasteiger partial charge in [-0.1, -0.05) is 12.1 Å². The maximum absolute atomic E-state index is 14.2. The molecule has 1 N–H and O–H groups in total. The summed E-state index contributed by atoms with van der Waals surface area (Å²) in [5.74, 6) is -1.24. The van der Waals surface area contributed by atoms with Gasteiger partial charge in [0.2, 0.25) is 0 Å². The van der Waals surface area contributed by atoms with Crippen molar-refractivity contribution in [2.24, 2.45) is 0 Å². The Morgan fingerprint density at radius 1 is 1.00 bits per heavy atom. The molecule has 0 saturated heterocycles. The monoisotopic (exact) mass is 375 g/mol. The fourth-order valence-electron chi connectivity index (χ4n) is 2.50. The summed E-state index contributed by atoms with van der Waals surface area (Å²) in [6.07, 6.45) is -0.342. The van der Waals surface area contributed by atoms with Crippen molar-refractivity contribution >= 4 is 5.91 Å². The van der Waals surface area contributed by atoms with Crippen LogP contribution in [0.3, 0.4) is 0 Å². The van der Waals surface area contributed by atoms with Crippen LogP contribution in [0.5, 0.6) is 0 Å². The maximum atomic E-state index is 14.2. The van der Waals surface area contributed by atoms with Crippen LogP contribution in [0.25, 0.3) is 0 Å². The van der Waals surface area contributed by atoms with Crippen LogP contribution in [0.2, 0.25) is 0 Å². The molecule has 0 spiro atoms. The highest BCUT2D eigenvalue weighted by Crippen LogP contribution is 2.31. The second kappa shape index (κ2) is 7.53. The first-order valence-electron chi connectivity index (χ1n) is 7.85. The molecule has 3 aromatic rings. The molecule has 0 fully saturated rings. The van der Waals surface area contributed by atoms with Crippen LogP contribution >= 0.6 is 0 Å². The third kappa shape index (κ3) is 4.28. The predicted octanol–water partition coefficient (Wildman–Crippen LogP) is 4.15. The smallest absolute Gasteiger partial charge is 0.339 e. The summed E-state index contributed by atoms with van der Waals surface area (Å²) in [7, 11) is 0. The van der Waals surface area contributed by atoms with Crippen LogP contribution in [0.15, 0.2) is 67.1 Å². The molecule has 1 amide bonds. The summed E-state index contributed by atoms with van der Waals surface area (Å²) < 4.78 is 52.6. The van der Waals surface area contributed by atoms with Crippen molar-refractivity contribution in [1.29, 1.82) is 0 Å². The Morgan fingerprint density at radius 3 is 2.30 bits per heavy atom. The van der Waals surface area contributed by atoms with E-state index in [-0.39, 0.29) is 16.8 Å². The van der Waals surface area contributed by atoms with Crippen LogP contribution in [0.4, 0.5) is 17.6 Å². The standard InChI is InChI=1S/C19H13F4N3O/c20-15-4-2-10-25-17(15)16(26-18(27)13-3-1-9-24-11-13)12-5-7-14(8-6-12)19(21,22)23/h1-11,16H,(H,26,27). The molecule has 0 aliphatic carbocycles. The number of aromatic nitrogens is 2. The minimum atomic E-state index is -4.50. The van der Waals surface area contributed by atoms with E-state index in [0.29, 0.717) is 0 Å². The first-order chi connectivity index (χ1) is 12.9. The normalized spacial score (nSPS) is 12.4. The number of carbonyl (C=O) groups excluding carboxylic acids is 1. The molecule has 8 heteroatoms. The molecule has 1 atom stereocenters. The van der Waals surface area contributed by atoms with Gasteiger partial charge in [-0.15, -0.1) is 0 Å². The summed E-state index contributed by atoms with van der Waals surface area (Å²) in [4.78, 5) is 20.2. The Hall–Kier alpha value is -3.29. The second-order valence-corrected chi connectivity index (χ2v) is 5.64. The summed E-state index contributed by atoms with van der Waals surface area (Å²) >= 11 is 0. The van der Waals surface area contributed by atoms with Gasteiger partial charge in [0.05, 0.1) is 17.2 Å². The molecule has 1 aromatic carbocycles. The van der Waals surface area contributed by atoms with Crippen LogP contribution in [0, 0.1) is 5.82 Å². The quantitative estimate of drug-likeness (QED) is 0.697. The van der Waals surface area contributed by atoms with Crippen molar-refractivity contribution in [3.63, 3.8) is 0 Å². The fraction of sp³-hybridized carbons (Fsp3) is 0.105. The lowest BCUT2D eigenvalue weighted by atomic mass is 10.0. The van der Waals surface area contributed by atoms with Crippen LogP contribution in [0.1, 0.15) is 33.2 Å². The van der Waals surface area contributed by atoms with E-state index in [1.165, 1.54) is 42.9 Å². The molecule has 0 radical (unpaired) electrons. The van der Waals surface area contributed by atoms with E-state index in [1.807, 2.05) is 0 Å². The first-order valence-corrected chi connectivity index (χ1v) is 7.85. The maximum Gasteiger partial charge on any atom is 0.416 e. The van der Waals surface area contributed by atoms with Gasteiger partial charge >= 0.3 is 6.18 Å². The van der Waals surface area contributed by atoms with Crippen molar-refractivity contribution < 1.29 is 22.4 Å². The topological polar surface area (TPSA) is 54.9 Å². The number of rotatable bonds is 4. The second-order valence-electron chi connectivity index (χ2n) is 5.64. The summed E-state index contributed by atoms with van der Waals surface area (Å²) in [5.41, 5.74) is -0.455. The number of carbonyl (C=O) groups is 1. The average Bonchev–Trinajstić information content (AvgIpc) is 2.67. The highest BCUT2D eigenvalue weighted by Gasteiger charge is 2.31. The number of hydrogen-bond acceptors (Lipinski definition) is 3. The molecule has 1 unspecified atom stereocenters. The zero-order valence-corrected chi connectivity index (χ0v) is 13.7. The molecule has 138 valence electrons. The van der Waals surface area contributed by atoms with Gasteiger partial charge in [0, 0.05) is 18.6 Å². The molecule has 0 aliphatic heterocycles. The van der Waals surface area contributed by atoms with Gasteiger partial charge < -0.3 is 5.32 Å². The van der Waals surface area contributed by atoms with E-state index in [9.17, 15) is 22.4 Å².